The number of amides is 1. The Bertz CT molecular complexity index is 1140. The molecular weight excluding hydrogens is 434 g/mol. The van der Waals surface area contributed by atoms with Gasteiger partial charge in [-0.1, -0.05) is 32.9 Å². The van der Waals surface area contributed by atoms with Gasteiger partial charge in [-0.05, 0) is 59.5 Å². The fourth-order valence-electron chi connectivity index (χ4n) is 3.30. The molecule has 3 rings (SSSR count). The summed E-state index contributed by atoms with van der Waals surface area (Å²) in [6, 6.07) is 17.1. The van der Waals surface area contributed by atoms with Crippen molar-refractivity contribution in [2.24, 2.45) is 0 Å². The number of rotatable bonds is 7. The van der Waals surface area contributed by atoms with E-state index >= 15 is 0 Å². The fraction of sp³-hybridized carbons (Fsp3) is 0.259. The van der Waals surface area contributed by atoms with Crippen molar-refractivity contribution in [2.75, 3.05) is 26.6 Å². The van der Waals surface area contributed by atoms with Crippen LogP contribution in [0.15, 0.2) is 60.7 Å². The Labute approximate surface area is 199 Å². The number of ether oxygens (including phenoxy) is 4. The molecule has 3 aromatic carbocycles. The first-order valence-corrected chi connectivity index (χ1v) is 10.7. The van der Waals surface area contributed by atoms with Crippen molar-refractivity contribution < 1.29 is 28.5 Å². The van der Waals surface area contributed by atoms with E-state index in [1.165, 1.54) is 33.5 Å². The highest BCUT2D eigenvalue weighted by molar-refractivity contribution is 6.04. The van der Waals surface area contributed by atoms with Gasteiger partial charge in [0.15, 0.2) is 11.5 Å². The Hall–Kier alpha value is -4.00. The number of hydrogen-bond acceptors (Lipinski definition) is 6. The first-order valence-electron chi connectivity index (χ1n) is 10.7. The summed E-state index contributed by atoms with van der Waals surface area (Å²) in [5.41, 5.74) is 2.56. The minimum Gasteiger partial charge on any atom is -0.493 e. The van der Waals surface area contributed by atoms with Crippen LogP contribution in [0.3, 0.4) is 0 Å². The molecule has 0 aliphatic carbocycles. The van der Waals surface area contributed by atoms with Crippen LogP contribution in [0.1, 0.15) is 47.1 Å². The molecule has 0 heterocycles. The minimum absolute atomic E-state index is 0.0182. The number of benzene rings is 3. The third-order valence-corrected chi connectivity index (χ3v) is 5.24. The molecule has 0 saturated carbocycles. The van der Waals surface area contributed by atoms with Crippen molar-refractivity contribution in [1.29, 1.82) is 0 Å². The van der Waals surface area contributed by atoms with Gasteiger partial charge in [0.1, 0.15) is 5.75 Å². The van der Waals surface area contributed by atoms with Crippen LogP contribution in [0.4, 0.5) is 5.69 Å². The first kappa shape index (κ1) is 24.6. The zero-order chi connectivity index (χ0) is 24.9. The van der Waals surface area contributed by atoms with Gasteiger partial charge in [0.05, 0.1) is 26.9 Å². The Morgan fingerprint density at radius 1 is 0.735 bits per heavy atom. The number of nitrogens with one attached hydrogen (secondary N) is 1. The van der Waals surface area contributed by atoms with Gasteiger partial charge in [0.2, 0.25) is 5.75 Å². The summed E-state index contributed by atoms with van der Waals surface area (Å²) < 4.78 is 21.3. The molecule has 0 unspecified atom stereocenters. The normalized spacial score (nSPS) is 10.9. The number of anilines is 1. The summed E-state index contributed by atoms with van der Waals surface area (Å²) >= 11 is 0. The summed E-state index contributed by atoms with van der Waals surface area (Å²) in [5.74, 6) is 0.600. The molecule has 1 N–H and O–H groups in total. The second kappa shape index (κ2) is 10.3. The molecule has 34 heavy (non-hydrogen) atoms. The molecule has 0 atom stereocenters. The first-order chi connectivity index (χ1) is 16.2. The maximum absolute atomic E-state index is 12.7. The highest BCUT2D eigenvalue weighted by Gasteiger charge is 2.19. The van der Waals surface area contributed by atoms with Crippen molar-refractivity contribution in [3.63, 3.8) is 0 Å². The highest BCUT2D eigenvalue weighted by Crippen LogP contribution is 2.38. The second-order valence-electron chi connectivity index (χ2n) is 8.61. The molecule has 0 aliphatic heterocycles. The summed E-state index contributed by atoms with van der Waals surface area (Å²) in [7, 11) is 4.43. The summed E-state index contributed by atoms with van der Waals surface area (Å²) in [6.07, 6.45) is 0. The predicted molar refractivity (Wildman–Crippen MR) is 131 cm³/mol. The number of hydrogen-bond donors (Lipinski definition) is 1. The van der Waals surface area contributed by atoms with E-state index < -0.39 is 5.97 Å². The molecule has 0 fully saturated rings. The monoisotopic (exact) mass is 463 g/mol. The Balaban J connectivity index is 1.68. The Morgan fingerprint density at radius 3 is 1.76 bits per heavy atom. The van der Waals surface area contributed by atoms with Crippen molar-refractivity contribution in [3.8, 4) is 23.0 Å². The molecule has 178 valence electrons. The van der Waals surface area contributed by atoms with Crippen LogP contribution in [0.2, 0.25) is 0 Å². The summed E-state index contributed by atoms with van der Waals surface area (Å²) in [6.45, 7) is 6.37. The van der Waals surface area contributed by atoms with E-state index in [0.29, 0.717) is 34.2 Å². The molecule has 0 saturated heterocycles. The van der Waals surface area contributed by atoms with Crippen molar-refractivity contribution in [2.45, 2.75) is 26.2 Å². The van der Waals surface area contributed by atoms with Gasteiger partial charge in [-0.15, -0.1) is 0 Å². The summed E-state index contributed by atoms with van der Waals surface area (Å²) in [5, 5.41) is 2.85. The lowest BCUT2D eigenvalue weighted by Crippen LogP contribution is -2.14. The molecule has 3 aromatic rings. The minimum atomic E-state index is -0.588. The molecule has 0 aliphatic rings. The van der Waals surface area contributed by atoms with Crippen molar-refractivity contribution in [1.82, 2.24) is 0 Å². The molecule has 7 heteroatoms. The lowest BCUT2D eigenvalue weighted by atomic mass is 9.87. The van der Waals surface area contributed by atoms with E-state index in [1.54, 1.807) is 24.3 Å². The van der Waals surface area contributed by atoms with E-state index in [4.69, 9.17) is 18.9 Å². The maximum Gasteiger partial charge on any atom is 0.343 e. The van der Waals surface area contributed by atoms with Crippen LogP contribution in [-0.2, 0) is 5.41 Å². The van der Waals surface area contributed by atoms with E-state index in [9.17, 15) is 9.59 Å². The largest absolute Gasteiger partial charge is 0.493 e. The molecule has 0 radical (unpaired) electrons. The zero-order valence-corrected chi connectivity index (χ0v) is 20.2. The van der Waals surface area contributed by atoms with Gasteiger partial charge < -0.3 is 24.3 Å². The lowest BCUT2D eigenvalue weighted by molar-refractivity contribution is 0.0733. The smallest absolute Gasteiger partial charge is 0.343 e. The van der Waals surface area contributed by atoms with Crippen LogP contribution in [0.5, 0.6) is 23.0 Å². The van der Waals surface area contributed by atoms with Crippen LogP contribution < -0.4 is 24.3 Å². The SMILES string of the molecule is COc1cc(C(=O)Oc2ccc(NC(=O)c3ccc(C(C)(C)C)cc3)cc2)cc(OC)c1OC. The topological polar surface area (TPSA) is 83.1 Å². The van der Waals surface area contributed by atoms with Gasteiger partial charge >= 0.3 is 5.97 Å². The third-order valence-electron chi connectivity index (χ3n) is 5.24. The van der Waals surface area contributed by atoms with Gasteiger partial charge in [-0.2, -0.15) is 0 Å². The van der Waals surface area contributed by atoms with E-state index in [0.717, 1.165) is 5.56 Å². The van der Waals surface area contributed by atoms with Gasteiger partial charge in [-0.25, -0.2) is 4.79 Å². The van der Waals surface area contributed by atoms with Gasteiger partial charge in [0.25, 0.3) is 5.91 Å². The maximum atomic E-state index is 12.7. The zero-order valence-electron chi connectivity index (χ0n) is 20.2. The van der Waals surface area contributed by atoms with Crippen LogP contribution in [-0.4, -0.2) is 33.2 Å². The summed E-state index contributed by atoms with van der Waals surface area (Å²) in [4.78, 5) is 25.2. The third kappa shape index (κ3) is 5.67. The Kier molecular flexibility index (Phi) is 7.46. The van der Waals surface area contributed by atoms with Gasteiger partial charge in [-0.3, -0.25) is 4.79 Å². The number of methoxy groups -OCH3 is 3. The standard InChI is InChI=1S/C27H29NO6/c1-27(2,3)19-9-7-17(8-10-19)25(29)28-20-11-13-21(14-12-20)34-26(30)18-15-22(31-4)24(33-6)23(16-18)32-5/h7-16H,1-6H3,(H,28,29). The van der Waals surface area contributed by atoms with Gasteiger partial charge in [0, 0.05) is 11.3 Å². The fourth-order valence-corrected chi connectivity index (χ4v) is 3.30. The molecular formula is C27H29NO6. The van der Waals surface area contributed by atoms with E-state index in [1.807, 2.05) is 24.3 Å². The molecule has 1 amide bonds. The molecule has 0 aromatic heterocycles. The highest BCUT2D eigenvalue weighted by atomic mass is 16.5. The van der Waals surface area contributed by atoms with Crippen LogP contribution in [0, 0.1) is 0 Å². The average molecular weight is 464 g/mol. The van der Waals surface area contributed by atoms with E-state index in [2.05, 4.69) is 26.1 Å². The molecule has 0 spiro atoms. The average Bonchev–Trinajstić information content (AvgIpc) is 2.83. The van der Waals surface area contributed by atoms with Crippen molar-refractivity contribution in [3.05, 3.63) is 77.4 Å². The molecule has 0 bridgehead atoms. The molecule has 7 nitrogen and oxygen atoms in total. The van der Waals surface area contributed by atoms with Crippen LogP contribution >= 0.6 is 0 Å². The number of carbonyl (C=O) groups is 2. The number of carbonyl (C=O) groups excluding carboxylic acids is 2. The van der Waals surface area contributed by atoms with E-state index in [-0.39, 0.29) is 16.9 Å². The Morgan fingerprint density at radius 2 is 1.29 bits per heavy atom. The van der Waals surface area contributed by atoms with Crippen molar-refractivity contribution >= 4 is 17.6 Å². The van der Waals surface area contributed by atoms with Crippen LogP contribution in [0.25, 0.3) is 0 Å². The number of esters is 1. The quantitative estimate of drug-likeness (QED) is 0.369. The second-order valence-corrected chi connectivity index (χ2v) is 8.61. The lowest BCUT2D eigenvalue weighted by Gasteiger charge is -2.19. The predicted octanol–water partition coefficient (Wildman–Crippen LogP) is 5.48.